The van der Waals surface area contributed by atoms with Gasteiger partial charge in [0.1, 0.15) is 0 Å². The zero-order chi connectivity index (χ0) is 15.6. The molecule has 0 aromatic heterocycles. The highest BCUT2D eigenvalue weighted by molar-refractivity contribution is 5.87. The van der Waals surface area contributed by atoms with E-state index in [4.69, 9.17) is 0 Å². The Hall–Kier alpha value is -1.77. The van der Waals surface area contributed by atoms with Gasteiger partial charge in [-0.3, -0.25) is 4.79 Å². The molecular formula is C18H26N2O. The molecule has 0 unspecified atom stereocenters. The van der Waals surface area contributed by atoms with Gasteiger partial charge in [-0.15, -0.1) is 0 Å². The first-order chi connectivity index (χ1) is 9.82. The van der Waals surface area contributed by atoms with E-state index in [2.05, 4.69) is 57.4 Å². The van der Waals surface area contributed by atoms with Crippen LogP contribution in [0.25, 0.3) is 0 Å². The van der Waals surface area contributed by atoms with Crippen molar-refractivity contribution in [3.05, 3.63) is 42.0 Å². The van der Waals surface area contributed by atoms with Gasteiger partial charge >= 0.3 is 0 Å². The topological polar surface area (TPSA) is 23.6 Å². The number of amides is 1. The fraction of sp³-hybridized carbons (Fsp3) is 0.500. The van der Waals surface area contributed by atoms with E-state index < -0.39 is 0 Å². The number of hydrogen-bond acceptors (Lipinski definition) is 2. The standard InChI is InChI=1S/C18H26N2O/c1-6-17(21)20-11-9-19(10-12-20)15-8-7-14(2)16(13-15)18(3,4)5/h6-8,13H,1,9-12H2,2-5H3. The smallest absolute Gasteiger partial charge is 0.246 e. The second kappa shape index (κ2) is 5.92. The van der Waals surface area contributed by atoms with Crippen molar-refractivity contribution in [2.75, 3.05) is 31.1 Å². The van der Waals surface area contributed by atoms with E-state index in [0.717, 1.165) is 26.2 Å². The van der Waals surface area contributed by atoms with Crippen LogP contribution in [-0.4, -0.2) is 37.0 Å². The molecule has 1 amide bonds. The largest absolute Gasteiger partial charge is 0.368 e. The number of carbonyl (C=O) groups excluding carboxylic acids is 1. The van der Waals surface area contributed by atoms with Gasteiger partial charge < -0.3 is 9.80 Å². The molecule has 0 saturated carbocycles. The summed E-state index contributed by atoms with van der Waals surface area (Å²) >= 11 is 0. The average Bonchev–Trinajstić information content (AvgIpc) is 2.46. The lowest BCUT2D eigenvalue weighted by Gasteiger charge is -2.36. The summed E-state index contributed by atoms with van der Waals surface area (Å²) in [6.07, 6.45) is 1.40. The monoisotopic (exact) mass is 286 g/mol. The Morgan fingerprint density at radius 1 is 1.19 bits per heavy atom. The van der Waals surface area contributed by atoms with Crippen molar-refractivity contribution < 1.29 is 4.79 Å². The van der Waals surface area contributed by atoms with Gasteiger partial charge in [-0.05, 0) is 41.7 Å². The van der Waals surface area contributed by atoms with Crippen LogP contribution >= 0.6 is 0 Å². The number of piperazine rings is 1. The summed E-state index contributed by atoms with van der Waals surface area (Å²) < 4.78 is 0. The maximum absolute atomic E-state index is 11.6. The van der Waals surface area contributed by atoms with E-state index in [9.17, 15) is 4.79 Å². The van der Waals surface area contributed by atoms with Gasteiger partial charge in [0.25, 0.3) is 0 Å². The quantitative estimate of drug-likeness (QED) is 0.780. The molecule has 1 aromatic rings. The molecule has 1 fully saturated rings. The molecular weight excluding hydrogens is 260 g/mol. The first kappa shape index (κ1) is 15.6. The number of benzene rings is 1. The van der Waals surface area contributed by atoms with Crippen molar-refractivity contribution in [2.24, 2.45) is 0 Å². The molecule has 0 spiro atoms. The molecule has 1 aromatic carbocycles. The van der Waals surface area contributed by atoms with Crippen LogP contribution in [0.1, 0.15) is 31.9 Å². The highest BCUT2D eigenvalue weighted by atomic mass is 16.2. The predicted molar refractivity (Wildman–Crippen MR) is 88.9 cm³/mol. The summed E-state index contributed by atoms with van der Waals surface area (Å²) in [7, 11) is 0. The van der Waals surface area contributed by atoms with Crippen LogP contribution < -0.4 is 4.90 Å². The first-order valence-corrected chi connectivity index (χ1v) is 7.60. The summed E-state index contributed by atoms with van der Waals surface area (Å²) in [5.74, 6) is 0.0361. The van der Waals surface area contributed by atoms with Crippen LogP contribution in [0, 0.1) is 6.92 Å². The molecule has 1 saturated heterocycles. The van der Waals surface area contributed by atoms with E-state index in [1.54, 1.807) is 0 Å². The SMILES string of the molecule is C=CC(=O)N1CCN(c2ccc(C)c(C(C)(C)C)c2)CC1. The summed E-state index contributed by atoms with van der Waals surface area (Å²) in [5.41, 5.74) is 4.15. The molecule has 0 radical (unpaired) electrons. The minimum atomic E-state index is 0.0361. The molecule has 1 aliphatic heterocycles. The molecule has 3 nitrogen and oxygen atoms in total. The van der Waals surface area contributed by atoms with E-state index in [-0.39, 0.29) is 11.3 Å². The lowest BCUT2D eigenvalue weighted by atomic mass is 9.84. The molecule has 1 aliphatic rings. The Morgan fingerprint density at radius 3 is 2.33 bits per heavy atom. The third kappa shape index (κ3) is 3.46. The molecule has 0 bridgehead atoms. The number of anilines is 1. The van der Waals surface area contributed by atoms with Crippen molar-refractivity contribution >= 4 is 11.6 Å². The van der Waals surface area contributed by atoms with E-state index in [1.807, 2.05) is 4.90 Å². The minimum Gasteiger partial charge on any atom is -0.368 e. The fourth-order valence-electron chi connectivity index (χ4n) is 2.93. The maximum Gasteiger partial charge on any atom is 0.246 e. The zero-order valence-corrected chi connectivity index (χ0v) is 13.6. The summed E-state index contributed by atoms with van der Waals surface area (Å²) in [5, 5.41) is 0. The Labute approximate surface area is 128 Å². The molecule has 0 N–H and O–H groups in total. The van der Waals surface area contributed by atoms with Crippen molar-refractivity contribution in [3.8, 4) is 0 Å². The lowest BCUT2D eigenvalue weighted by Crippen LogP contribution is -2.48. The van der Waals surface area contributed by atoms with Crippen molar-refractivity contribution in [1.29, 1.82) is 0 Å². The number of rotatable bonds is 2. The Kier molecular flexibility index (Phi) is 4.40. The summed E-state index contributed by atoms with van der Waals surface area (Å²) in [6.45, 7) is 15.8. The van der Waals surface area contributed by atoms with Gasteiger partial charge in [0.2, 0.25) is 5.91 Å². The van der Waals surface area contributed by atoms with Crippen LogP contribution in [0.5, 0.6) is 0 Å². The van der Waals surface area contributed by atoms with Gasteiger partial charge in [-0.25, -0.2) is 0 Å². The molecule has 3 heteroatoms. The predicted octanol–water partition coefficient (Wildman–Crippen LogP) is 3.13. The van der Waals surface area contributed by atoms with Gasteiger partial charge in [-0.1, -0.05) is 33.4 Å². The van der Waals surface area contributed by atoms with Crippen LogP contribution in [0.15, 0.2) is 30.9 Å². The van der Waals surface area contributed by atoms with Gasteiger partial charge in [0.05, 0.1) is 0 Å². The Balaban J connectivity index is 2.14. The molecule has 2 rings (SSSR count). The van der Waals surface area contributed by atoms with Crippen molar-refractivity contribution in [2.45, 2.75) is 33.1 Å². The average molecular weight is 286 g/mol. The first-order valence-electron chi connectivity index (χ1n) is 7.60. The normalized spacial score (nSPS) is 16.0. The van der Waals surface area contributed by atoms with Crippen LogP contribution in [0.4, 0.5) is 5.69 Å². The van der Waals surface area contributed by atoms with Crippen LogP contribution in [0.3, 0.4) is 0 Å². The second-order valence-corrected chi connectivity index (χ2v) is 6.77. The van der Waals surface area contributed by atoms with E-state index >= 15 is 0 Å². The van der Waals surface area contributed by atoms with Crippen molar-refractivity contribution in [1.82, 2.24) is 4.90 Å². The zero-order valence-electron chi connectivity index (χ0n) is 13.6. The van der Waals surface area contributed by atoms with Gasteiger partial charge in [-0.2, -0.15) is 0 Å². The molecule has 0 aliphatic carbocycles. The molecule has 114 valence electrons. The third-order valence-corrected chi connectivity index (χ3v) is 4.16. The van der Waals surface area contributed by atoms with Gasteiger partial charge in [0.15, 0.2) is 0 Å². The van der Waals surface area contributed by atoms with E-state index in [0.29, 0.717) is 0 Å². The summed E-state index contributed by atoms with van der Waals surface area (Å²) in [4.78, 5) is 15.9. The van der Waals surface area contributed by atoms with Gasteiger partial charge in [0, 0.05) is 31.9 Å². The Morgan fingerprint density at radius 2 is 1.81 bits per heavy atom. The molecule has 21 heavy (non-hydrogen) atoms. The Bertz CT molecular complexity index is 535. The minimum absolute atomic E-state index is 0.0361. The number of nitrogens with zero attached hydrogens (tertiary/aromatic N) is 2. The third-order valence-electron chi connectivity index (χ3n) is 4.16. The van der Waals surface area contributed by atoms with E-state index in [1.165, 1.54) is 22.9 Å². The fourth-order valence-corrected chi connectivity index (χ4v) is 2.93. The molecule has 0 atom stereocenters. The summed E-state index contributed by atoms with van der Waals surface area (Å²) in [6, 6.07) is 6.70. The van der Waals surface area contributed by atoms with Crippen LogP contribution in [-0.2, 0) is 10.2 Å². The van der Waals surface area contributed by atoms with Crippen molar-refractivity contribution in [3.63, 3.8) is 0 Å². The molecule has 1 heterocycles. The maximum atomic E-state index is 11.6. The number of aryl methyl sites for hydroxylation is 1. The highest BCUT2D eigenvalue weighted by Crippen LogP contribution is 2.30. The lowest BCUT2D eigenvalue weighted by molar-refractivity contribution is -0.126. The number of carbonyl (C=O) groups is 1. The second-order valence-electron chi connectivity index (χ2n) is 6.77. The van der Waals surface area contributed by atoms with Crippen LogP contribution in [0.2, 0.25) is 0 Å². The number of hydrogen-bond donors (Lipinski definition) is 0. The highest BCUT2D eigenvalue weighted by Gasteiger charge is 2.22.